The second kappa shape index (κ2) is 13.5. The first-order chi connectivity index (χ1) is 19.6. The highest BCUT2D eigenvalue weighted by Gasteiger charge is 2.54. The Labute approximate surface area is 246 Å². The molecule has 2 aromatic rings. The van der Waals surface area contributed by atoms with E-state index in [1.165, 1.54) is 30.4 Å². The molecule has 0 saturated heterocycles. The van der Waals surface area contributed by atoms with Crippen LogP contribution in [0.1, 0.15) is 102 Å². The van der Waals surface area contributed by atoms with Gasteiger partial charge in [0.1, 0.15) is 0 Å². The summed E-state index contributed by atoms with van der Waals surface area (Å²) in [6, 6.07) is 21.2. The number of aliphatic hydroxyl groups excluding tert-OH is 1. The van der Waals surface area contributed by atoms with Crippen LogP contribution in [-0.2, 0) is 14.3 Å². The third-order valence-corrected chi connectivity index (χ3v) is 10.5. The largest absolute Gasteiger partial charge is 0.481 e. The molecule has 224 valence electrons. The third kappa shape index (κ3) is 8.00. The first kappa shape index (κ1) is 31.3. The maximum atomic E-state index is 11.8. The van der Waals surface area contributed by atoms with Gasteiger partial charge in [0.2, 0.25) is 0 Å². The molecule has 0 spiro atoms. The van der Waals surface area contributed by atoms with Crippen molar-refractivity contribution in [1.82, 2.24) is 0 Å². The Morgan fingerprint density at radius 3 is 1.56 bits per heavy atom. The Bertz CT molecular complexity index is 1130. The summed E-state index contributed by atoms with van der Waals surface area (Å²) >= 11 is 0. The van der Waals surface area contributed by atoms with Crippen LogP contribution >= 0.6 is 0 Å². The van der Waals surface area contributed by atoms with Crippen molar-refractivity contribution < 1.29 is 24.5 Å². The second-order valence-corrected chi connectivity index (χ2v) is 13.7. The van der Waals surface area contributed by atoms with Crippen molar-refractivity contribution in [3.63, 3.8) is 0 Å². The topological polar surface area (TPSA) is 83.8 Å². The van der Waals surface area contributed by atoms with Gasteiger partial charge in [0.15, 0.2) is 0 Å². The lowest BCUT2D eigenvalue weighted by molar-refractivity contribution is -0.153. The van der Waals surface area contributed by atoms with Crippen molar-refractivity contribution in [3.8, 4) is 0 Å². The van der Waals surface area contributed by atoms with Crippen molar-refractivity contribution >= 4 is 11.9 Å². The average molecular weight is 563 g/mol. The van der Waals surface area contributed by atoms with E-state index in [4.69, 9.17) is 9.84 Å². The molecule has 5 heteroatoms. The fourth-order valence-corrected chi connectivity index (χ4v) is 6.43. The van der Waals surface area contributed by atoms with Gasteiger partial charge < -0.3 is 14.9 Å². The minimum Gasteiger partial charge on any atom is -0.481 e. The predicted octanol–water partition coefficient (Wildman–Crippen LogP) is 7.84. The van der Waals surface area contributed by atoms with Crippen LogP contribution in [0.3, 0.4) is 0 Å². The summed E-state index contributed by atoms with van der Waals surface area (Å²) in [5.74, 6) is 2.04. The molecule has 5 nitrogen and oxygen atoms in total. The zero-order valence-corrected chi connectivity index (χ0v) is 25.4. The molecular formula is C36H50O5. The maximum Gasteiger partial charge on any atom is 0.308 e. The fraction of sp³-hybridized carbons (Fsp3) is 0.611. The fourth-order valence-electron chi connectivity index (χ4n) is 6.43. The number of aliphatic carboxylic acids is 1. The van der Waals surface area contributed by atoms with Crippen LogP contribution < -0.4 is 0 Å². The van der Waals surface area contributed by atoms with Gasteiger partial charge in [-0.25, -0.2) is 0 Å². The molecule has 0 radical (unpaired) electrons. The number of carbonyl (C=O) groups excluding carboxylic acids is 1. The van der Waals surface area contributed by atoms with Crippen LogP contribution in [-0.4, -0.2) is 35.4 Å². The molecule has 6 atom stereocenters. The highest BCUT2D eigenvalue weighted by molar-refractivity contribution is 5.73. The van der Waals surface area contributed by atoms with Crippen LogP contribution in [0, 0.1) is 34.5 Å². The second-order valence-electron chi connectivity index (χ2n) is 13.7. The SMILES string of the molecule is C[C@@H](c1ccccc1)[C@@H]1C[C@@]1(C)CO.C[C@@H](c1ccccc1)[C@@H]1C[C@@]1(C)COC(=O)C1CCC1.O=C(O)C1CCC1. The molecule has 0 bridgehead atoms. The van der Waals surface area contributed by atoms with Crippen LogP contribution in [0.25, 0.3) is 0 Å². The van der Waals surface area contributed by atoms with Gasteiger partial charge in [-0.3, -0.25) is 9.59 Å². The van der Waals surface area contributed by atoms with Crippen molar-refractivity contribution in [2.75, 3.05) is 13.2 Å². The van der Waals surface area contributed by atoms with E-state index in [-0.39, 0.29) is 28.6 Å². The highest BCUT2D eigenvalue weighted by atomic mass is 16.5. The Balaban J connectivity index is 0.000000159. The predicted molar refractivity (Wildman–Crippen MR) is 163 cm³/mol. The molecule has 4 aliphatic rings. The van der Waals surface area contributed by atoms with Gasteiger partial charge in [0.05, 0.1) is 18.4 Å². The number of esters is 1. The molecule has 41 heavy (non-hydrogen) atoms. The monoisotopic (exact) mass is 562 g/mol. The number of ether oxygens (including phenoxy) is 1. The molecule has 4 saturated carbocycles. The van der Waals surface area contributed by atoms with Gasteiger partial charge in [-0.1, -0.05) is 101 Å². The van der Waals surface area contributed by atoms with Gasteiger partial charge in [0, 0.05) is 12.0 Å². The summed E-state index contributed by atoms with van der Waals surface area (Å²) in [5.41, 5.74) is 3.17. The Morgan fingerprint density at radius 1 is 0.780 bits per heavy atom. The third-order valence-electron chi connectivity index (χ3n) is 10.5. The standard InChI is InChI=1S/C18H24O2.C13H18O.C5H8O2/c1-13(14-7-4-3-5-8-14)16-11-18(16,2)12-20-17(19)15-9-6-10-15;1-10(11-6-4-3-5-7-11)12-8-13(12,2)9-14;6-5(7)4-2-1-3-4/h3-5,7-8,13,15-16H,6,9-12H2,1-2H3;3-7,10,12,14H,8-9H2,1-2H3;4H,1-3H2,(H,6,7)/t13-,16-,18-;10-,12-,13-;/m00./s1. The minimum atomic E-state index is -0.619. The van der Waals surface area contributed by atoms with Crippen LogP contribution in [0.2, 0.25) is 0 Å². The zero-order chi connectivity index (χ0) is 29.6. The number of carboxylic acids is 1. The van der Waals surface area contributed by atoms with E-state index in [9.17, 15) is 14.7 Å². The number of hydrogen-bond donors (Lipinski definition) is 2. The number of rotatable bonds is 9. The van der Waals surface area contributed by atoms with Crippen LogP contribution in [0.5, 0.6) is 0 Å². The molecule has 4 fully saturated rings. The molecule has 0 amide bonds. The first-order valence-electron chi connectivity index (χ1n) is 15.7. The van der Waals surface area contributed by atoms with E-state index in [0.717, 1.165) is 32.1 Å². The van der Waals surface area contributed by atoms with E-state index < -0.39 is 5.97 Å². The Kier molecular flexibility index (Phi) is 10.3. The lowest BCUT2D eigenvalue weighted by atomic mass is 9.85. The lowest BCUT2D eigenvalue weighted by Gasteiger charge is -2.24. The van der Waals surface area contributed by atoms with Gasteiger partial charge >= 0.3 is 11.9 Å². The van der Waals surface area contributed by atoms with Crippen LogP contribution in [0.4, 0.5) is 0 Å². The zero-order valence-electron chi connectivity index (χ0n) is 25.4. The van der Waals surface area contributed by atoms with Crippen molar-refractivity contribution in [2.45, 2.75) is 90.9 Å². The summed E-state index contributed by atoms with van der Waals surface area (Å²) in [6.07, 6.45) is 8.48. The number of aliphatic hydroxyl groups is 1. The van der Waals surface area contributed by atoms with E-state index in [0.29, 0.717) is 36.9 Å². The van der Waals surface area contributed by atoms with Gasteiger partial charge in [-0.05, 0) is 78.7 Å². The van der Waals surface area contributed by atoms with E-state index in [2.05, 4.69) is 82.3 Å². The Morgan fingerprint density at radius 2 is 1.22 bits per heavy atom. The van der Waals surface area contributed by atoms with Gasteiger partial charge in [0.25, 0.3) is 0 Å². The Hall–Kier alpha value is -2.66. The normalized spacial score (nSPS) is 29.6. The molecule has 6 rings (SSSR count). The summed E-state index contributed by atoms with van der Waals surface area (Å²) in [7, 11) is 0. The van der Waals surface area contributed by atoms with E-state index in [1.807, 2.05) is 6.07 Å². The molecular weight excluding hydrogens is 512 g/mol. The summed E-state index contributed by atoms with van der Waals surface area (Å²) in [6.45, 7) is 9.92. The van der Waals surface area contributed by atoms with E-state index in [1.54, 1.807) is 0 Å². The molecule has 0 unspecified atom stereocenters. The summed E-state index contributed by atoms with van der Waals surface area (Å²) in [5, 5.41) is 17.5. The molecule has 2 N–H and O–H groups in total. The number of carbonyl (C=O) groups is 2. The first-order valence-corrected chi connectivity index (χ1v) is 15.7. The average Bonchev–Trinajstić information content (AvgIpc) is 3.80. The van der Waals surface area contributed by atoms with E-state index >= 15 is 0 Å². The molecule has 0 aromatic heterocycles. The van der Waals surface area contributed by atoms with Gasteiger partial charge in [-0.2, -0.15) is 0 Å². The van der Waals surface area contributed by atoms with Crippen molar-refractivity contribution in [3.05, 3.63) is 71.8 Å². The highest BCUT2D eigenvalue weighted by Crippen LogP contribution is 2.59. The number of hydrogen-bond acceptors (Lipinski definition) is 4. The van der Waals surface area contributed by atoms with Crippen LogP contribution in [0.15, 0.2) is 60.7 Å². The molecule has 2 aromatic carbocycles. The molecule has 0 aliphatic heterocycles. The van der Waals surface area contributed by atoms with Gasteiger partial charge in [-0.15, -0.1) is 0 Å². The maximum absolute atomic E-state index is 11.8. The molecule has 4 aliphatic carbocycles. The summed E-state index contributed by atoms with van der Waals surface area (Å²) < 4.78 is 5.55. The number of carboxylic acid groups (broad SMARTS) is 1. The van der Waals surface area contributed by atoms with Crippen molar-refractivity contribution in [2.24, 2.45) is 34.5 Å². The minimum absolute atomic E-state index is 0.000000000000000444. The lowest BCUT2D eigenvalue weighted by Crippen LogP contribution is -2.26. The number of benzene rings is 2. The van der Waals surface area contributed by atoms with Crippen molar-refractivity contribution in [1.29, 1.82) is 0 Å². The smallest absolute Gasteiger partial charge is 0.308 e. The quantitative estimate of drug-likeness (QED) is 0.304. The molecule has 0 heterocycles. The summed E-state index contributed by atoms with van der Waals surface area (Å²) in [4.78, 5) is 21.8.